The molecule has 2 aliphatic carbocycles. The Morgan fingerprint density at radius 2 is 1.75 bits per heavy atom. The molecule has 20 heavy (non-hydrogen) atoms. The molecule has 0 atom stereocenters. The highest BCUT2D eigenvalue weighted by molar-refractivity contribution is 7.10. The van der Waals surface area contributed by atoms with Gasteiger partial charge in [0.1, 0.15) is 0 Å². The van der Waals surface area contributed by atoms with Gasteiger partial charge in [-0.05, 0) is 54.2 Å². The van der Waals surface area contributed by atoms with E-state index in [1.165, 1.54) is 28.8 Å². The van der Waals surface area contributed by atoms with Crippen molar-refractivity contribution in [3.63, 3.8) is 0 Å². The van der Waals surface area contributed by atoms with Gasteiger partial charge in [0.25, 0.3) is 0 Å². The van der Waals surface area contributed by atoms with E-state index in [0.717, 1.165) is 18.4 Å². The van der Waals surface area contributed by atoms with Crippen LogP contribution in [-0.4, -0.2) is 11.1 Å². The van der Waals surface area contributed by atoms with Gasteiger partial charge >= 0.3 is 5.97 Å². The Balaban J connectivity index is 1.76. The number of aromatic carboxylic acids is 1. The molecule has 1 heterocycles. The lowest BCUT2D eigenvalue weighted by Crippen LogP contribution is -2.07. The number of hydrogen-bond acceptors (Lipinski definition) is 2. The van der Waals surface area contributed by atoms with Crippen LogP contribution in [0.4, 0.5) is 0 Å². The number of fused-ring (bicyclic) bond motifs is 1. The highest BCUT2D eigenvalue weighted by Gasteiger charge is 2.35. The minimum absolute atomic E-state index is 0.361. The van der Waals surface area contributed by atoms with E-state index in [2.05, 4.69) is 24.3 Å². The molecular weight excluding hydrogens is 268 g/mol. The molecule has 0 spiro atoms. The van der Waals surface area contributed by atoms with Crippen molar-refractivity contribution in [3.8, 4) is 0 Å². The van der Waals surface area contributed by atoms with E-state index in [1.807, 2.05) is 5.38 Å². The standard InChI is InChI=1S/C17H16O2S/c18-17(19)14-9-20-16(10-5-6-10)15(14)13-7-11-3-1-2-4-12(11)8-13/h1-4,9-10,13H,5-8H2,(H,18,19). The van der Waals surface area contributed by atoms with Crippen LogP contribution < -0.4 is 0 Å². The van der Waals surface area contributed by atoms with Gasteiger partial charge in [0.15, 0.2) is 0 Å². The van der Waals surface area contributed by atoms with Crippen LogP contribution in [0.3, 0.4) is 0 Å². The summed E-state index contributed by atoms with van der Waals surface area (Å²) in [6.07, 6.45) is 4.44. The van der Waals surface area contributed by atoms with Crippen LogP contribution >= 0.6 is 11.3 Å². The second-order valence-corrected chi connectivity index (χ2v) is 6.79. The van der Waals surface area contributed by atoms with Gasteiger partial charge in [-0.1, -0.05) is 24.3 Å². The molecule has 1 N–H and O–H groups in total. The fourth-order valence-corrected chi connectivity index (χ4v) is 4.70. The molecular formula is C17H16O2S. The maximum atomic E-state index is 11.5. The molecule has 1 saturated carbocycles. The Morgan fingerprint density at radius 3 is 2.30 bits per heavy atom. The number of carboxylic acid groups (broad SMARTS) is 1. The van der Waals surface area contributed by atoms with E-state index in [-0.39, 0.29) is 0 Å². The lowest BCUT2D eigenvalue weighted by molar-refractivity contribution is 0.0695. The van der Waals surface area contributed by atoms with E-state index in [0.29, 0.717) is 17.4 Å². The molecule has 0 amide bonds. The topological polar surface area (TPSA) is 37.3 Å². The van der Waals surface area contributed by atoms with Crippen molar-refractivity contribution in [2.75, 3.05) is 0 Å². The first-order chi connectivity index (χ1) is 9.74. The van der Waals surface area contributed by atoms with E-state index >= 15 is 0 Å². The second-order valence-electron chi connectivity index (χ2n) is 5.88. The molecule has 3 heteroatoms. The first-order valence-electron chi connectivity index (χ1n) is 7.15. The zero-order valence-electron chi connectivity index (χ0n) is 11.1. The Labute approximate surface area is 122 Å². The molecule has 0 radical (unpaired) electrons. The average Bonchev–Trinajstić information content (AvgIpc) is 3.04. The van der Waals surface area contributed by atoms with Gasteiger partial charge < -0.3 is 5.11 Å². The summed E-state index contributed by atoms with van der Waals surface area (Å²) in [4.78, 5) is 12.9. The maximum Gasteiger partial charge on any atom is 0.336 e. The van der Waals surface area contributed by atoms with Crippen LogP contribution in [0.5, 0.6) is 0 Å². The Bertz CT molecular complexity index is 657. The van der Waals surface area contributed by atoms with Gasteiger partial charge in [-0.25, -0.2) is 4.79 Å². The first kappa shape index (κ1) is 12.2. The molecule has 2 aliphatic rings. The van der Waals surface area contributed by atoms with Crippen LogP contribution in [0.15, 0.2) is 29.6 Å². The molecule has 2 aromatic rings. The van der Waals surface area contributed by atoms with Crippen molar-refractivity contribution in [2.24, 2.45) is 0 Å². The monoisotopic (exact) mass is 284 g/mol. The minimum atomic E-state index is -0.765. The van der Waals surface area contributed by atoms with E-state index in [4.69, 9.17) is 0 Å². The molecule has 0 saturated heterocycles. The molecule has 0 aliphatic heterocycles. The van der Waals surface area contributed by atoms with Crippen molar-refractivity contribution in [1.82, 2.24) is 0 Å². The molecule has 0 bridgehead atoms. The number of hydrogen-bond donors (Lipinski definition) is 1. The Morgan fingerprint density at radius 1 is 1.10 bits per heavy atom. The summed E-state index contributed by atoms with van der Waals surface area (Å²) in [7, 11) is 0. The highest BCUT2D eigenvalue weighted by Crippen LogP contribution is 2.49. The zero-order valence-corrected chi connectivity index (χ0v) is 12.0. The van der Waals surface area contributed by atoms with Crippen molar-refractivity contribution < 1.29 is 9.90 Å². The molecule has 0 unspecified atom stereocenters. The van der Waals surface area contributed by atoms with Crippen molar-refractivity contribution in [3.05, 3.63) is 56.8 Å². The van der Waals surface area contributed by atoms with Crippen LogP contribution in [0, 0.1) is 0 Å². The molecule has 1 aromatic heterocycles. The van der Waals surface area contributed by atoms with Gasteiger partial charge in [0.2, 0.25) is 0 Å². The van der Waals surface area contributed by atoms with Crippen molar-refractivity contribution in [1.29, 1.82) is 0 Å². The number of thiophene rings is 1. The molecule has 102 valence electrons. The quantitative estimate of drug-likeness (QED) is 0.917. The second kappa shape index (κ2) is 4.45. The number of benzene rings is 1. The lowest BCUT2D eigenvalue weighted by atomic mass is 9.92. The van der Waals surface area contributed by atoms with Crippen LogP contribution in [0.1, 0.15) is 56.6 Å². The summed E-state index contributed by atoms with van der Waals surface area (Å²) in [6, 6.07) is 8.52. The fourth-order valence-electron chi connectivity index (χ4n) is 3.39. The summed E-state index contributed by atoms with van der Waals surface area (Å²) >= 11 is 1.66. The van der Waals surface area contributed by atoms with Gasteiger partial charge in [-0.3, -0.25) is 0 Å². The number of carboxylic acids is 1. The fraction of sp³-hybridized carbons (Fsp3) is 0.353. The third-order valence-electron chi connectivity index (χ3n) is 4.50. The van der Waals surface area contributed by atoms with Gasteiger partial charge in [-0.15, -0.1) is 11.3 Å². The third kappa shape index (κ3) is 1.88. The number of rotatable bonds is 3. The van der Waals surface area contributed by atoms with Crippen molar-refractivity contribution >= 4 is 17.3 Å². The van der Waals surface area contributed by atoms with Crippen LogP contribution in [-0.2, 0) is 12.8 Å². The SMILES string of the molecule is O=C(O)c1csc(C2CC2)c1C1Cc2ccccc2C1. The zero-order chi connectivity index (χ0) is 13.7. The summed E-state index contributed by atoms with van der Waals surface area (Å²) in [6.45, 7) is 0. The number of carbonyl (C=O) groups is 1. The van der Waals surface area contributed by atoms with Crippen molar-refractivity contribution in [2.45, 2.75) is 37.5 Å². The minimum Gasteiger partial charge on any atom is -0.478 e. The first-order valence-corrected chi connectivity index (χ1v) is 8.03. The maximum absolute atomic E-state index is 11.5. The Kier molecular flexibility index (Phi) is 2.71. The molecule has 1 aromatic carbocycles. The highest BCUT2D eigenvalue weighted by atomic mass is 32.1. The van der Waals surface area contributed by atoms with E-state index in [1.54, 1.807) is 11.3 Å². The summed E-state index contributed by atoms with van der Waals surface area (Å²) < 4.78 is 0. The summed E-state index contributed by atoms with van der Waals surface area (Å²) in [5, 5.41) is 11.3. The van der Waals surface area contributed by atoms with E-state index in [9.17, 15) is 9.90 Å². The largest absolute Gasteiger partial charge is 0.478 e. The summed E-state index contributed by atoms with van der Waals surface area (Å²) in [5.41, 5.74) is 4.47. The summed E-state index contributed by atoms with van der Waals surface area (Å²) in [5.74, 6) is 0.228. The van der Waals surface area contributed by atoms with Crippen LogP contribution in [0.2, 0.25) is 0 Å². The van der Waals surface area contributed by atoms with Gasteiger partial charge in [0.05, 0.1) is 5.56 Å². The molecule has 4 rings (SSSR count). The Hall–Kier alpha value is -1.61. The normalized spacial score (nSPS) is 18.2. The lowest BCUT2D eigenvalue weighted by Gasteiger charge is -2.12. The molecule has 2 nitrogen and oxygen atoms in total. The van der Waals surface area contributed by atoms with Gasteiger partial charge in [0, 0.05) is 10.3 Å². The average molecular weight is 284 g/mol. The predicted molar refractivity (Wildman–Crippen MR) is 79.8 cm³/mol. The van der Waals surface area contributed by atoms with Gasteiger partial charge in [-0.2, -0.15) is 0 Å². The third-order valence-corrected chi connectivity index (χ3v) is 5.66. The van der Waals surface area contributed by atoms with Crippen LogP contribution in [0.25, 0.3) is 0 Å². The smallest absolute Gasteiger partial charge is 0.336 e. The predicted octanol–water partition coefficient (Wildman–Crippen LogP) is 4.21. The van der Waals surface area contributed by atoms with E-state index < -0.39 is 5.97 Å². The molecule has 1 fully saturated rings.